The molecule has 33 heavy (non-hydrogen) atoms. The summed E-state index contributed by atoms with van der Waals surface area (Å²) in [4.78, 5) is 72.1. The molecule has 1 aromatic rings. The molecule has 3 heterocycles. The molecule has 0 bridgehead atoms. The minimum Gasteiger partial charge on any atom is -0.546 e. The molecule has 2 aliphatic rings. The van der Waals surface area contributed by atoms with Crippen molar-refractivity contribution in [3.8, 4) is 0 Å². The topological polar surface area (TPSA) is 226 Å². The molecule has 166 valence electrons. The van der Waals surface area contributed by atoms with Crippen molar-refractivity contribution < 1.29 is 108 Å². The molecule has 2 atom stereocenters. The number of nitrogens with one attached hydrogen (secondary N) is 1. The smallest absolute Gasteiger partial charge is 0.546 e. The average Bonchev–Trinajstić information content (AvgIpc) is 3.39. The summed E-state index contributed by atoms with van der Waals surface area (Å²) >= 11 is 0.954. The van der Waals surface area contributed by atoms with Gasteiger partial charge in [0.25, 0.3) is 17.5 Å². The van der Waals surface area contributed by atoms with Gasteiger partial charge in [-0.15, -0.1) is 11.3 Å². The largest absolute Gasteiger partial charge is 1.00 e. The van der Waals surface area contributed by atoms with Crippen LogP contribution in [-0.4, -0.2) is 70.5 Å². The Morgan fingerprint density at radius 2 is 2.06 bits per heavy atom. The molecule has 1 aromatic heterocycles. The van der Waals surface area contributed by atoms with Gasteiger partial charge >= 0.3 is 65.1 Å². The molecule has 2 fully saturated rings. The van der Waals surface area contributed by atoms with Gasteiger partial charge in [-0.25, -0.2) is 4.98 Å². The van der Waals surface area contributed by atoms with Crippen molar-refractivity contribution in [1.29, 1.82) is 0 Å². The zero-order valence-electron chi connectivity index (χ0n) is 17.4. The van der Waals surface area contributed by atoms with Crippen LogP contribution >= 0.6 is 11.3 Å². The summed E-state index contributed by atoms with van der Waals surface area (Å²) in [7, 11) is 0. The zero-order valence-corrected chi connectivity index (χ0v) is 22.2. The van der Waals surface area contributed by atoms with Gasteiger partial charge in [0, 0.05) is 11.8 Å². The van der Waals surface area contributed by atoms with Crippen LogP contribution in [0.3, 0.4) is 0 Å². The predicted octanol–water partition coefficient (Wildman–Crippen LogP) is -10.8. The van der Waals surface area contributed by atoms with Gasteiger partial charge in [-0.2, -0.15) is 5.06 Å². The number of esters is 1. The average molecular weight is 501 g/mol. The van der Waals surface area contributed by atoms with Crippen LogP contribution in [0.2, 0.25) is 0 Å². The Balaban J connectivity index is 0.00000272. The number of rotatable bonds is 8. The molecule has 3 N–H and O–H groups in total. The van der Waals surface area contributed by atoms with Gasteiger partial charge in [-0.1, -0.05) is 5.16 Å². The number of hydroxylamine groups is 2. The van der Waals surface area contributed by atoms with Gasteiger partial charge in [0.2, 0.25) is 0 Å². The summed E-state index contributed by atoms with van der Waals surface area (Å²) in [5.41, 5.74) is 2.48. The van der Waals surface area contributed by atoms with Crippen LogP contribution in [0.25, 0.3) is 0 Å². The molecular weight excluding hydrogens is 488 g/mol. The van der Waals surface area contributed by atoms with Crippen LogP contribution in [-0.2, 0) is 38.4 Å². The van der Waals surface area contributed by atoms with E-state index in [9.17, 15) is 34.2 Å². The number of anilines is 1. The summed E-state index contributed by atoms with van der Waals surface area (Å²) in [5.74, 6) is -6.39. The number of hydrogen-bond acceptors (Lipinski definition) is 14. The van der Waals surface area contributed by atoms with Crippen LogP contribution < -0.4 is 80.4 Å². The number of nitrogens with two attached hydrogens (primary N) is 1. The normalized spacial score (nSPS) is 22.1. The first-order valence-corrected chi connectivity index (χ1v) is 9.34. The number of cyclic esters (lactones) is 1. The van der Waals surface area contributed by atoms with E-state index in [1.165, 1.54) is 5.38 Å². The third-order valence-electron chi connectivity index (χ3n) is 4.09. The molecule has 3 rings (SSSR count). The quantitative estimate of drug-likeness (QED) is 0.147. The van der Waals surface area contributed by atoms with Crippen molar-refractivity contribution in [2.75, 3.05) is 18.9 Å². The number of aliphatic carboxylic acids is 2. The second-order valence-corrected chi connectivity index (χ2v) is 7.05. The number of amides is 2. The zero-order chi connectivity index (χ0) is 22.8. The van der Waals surface area contributed by atoms with Gasteiger partial charge < -0.3 is 40.4 Å². The van der Waals surface area contributed by atoms with Crippen LogP contribution in [0.5, 0.6) is 0 Å². The fraction of sp³-hybridized carbons (Fsp3) is 0.400. The van der Waals surface area contributed by atoms with E-state index in [-0.39, 0.29) is 76.4 Å². The second-order valence-electron chi connectivity index (χ2n) is 6.16. The van der Waals surface area contributed by atoms with Crippen molar-refractivity contribution in [2.45, 2.75) is 24.6 Å². The molecule has 2 saturated heterocycles. The summed E-state index contributed by atoms with van der Waals surface area (Å²) < 4.78 is 4.75. The van der Waals surface area contributed by atoms with E-state index in [4.69, 9.17) is 15.3 Å². The van der Waals surface area contributed by atoms with Gasteiger partial charge in [0.15, 0.2) is 17.5 Å². The molecule has 1 unspecified atom stereocenters. The molecule has 18 heteroatoms. The number of carbonyl (C=O) groups excluding carboxylic acids is 5. The van der Waals surface area contributed by atoms with E-state index in [1.54, 1.807) is 0 Å². The van der Waals surface area contributed by atoms with Gasteiger partial charge in [-0.05, 0) is 0 Å². The Morgan fingerprint density at radius 1 is 1.36 bits per heavy atom. The maximum atomic E-state index is 12.6. The van der Waals surface area contributed by atoms with Crippen LogP contribution in [0.15, 0.2) is 10.5 Å². The standard InChI is InChI=1S/C15H15N5O10S.2Na/c16-14-18-7(5-31-14)10(19-28-4-8(21)22)11(24)17-6-3-29-20(12(6)25)15(13(26)27)2-1-9(23)30-15;;/h5-6H,1-4H2,(H2,16,18)(H,17,24)(H,21,22)(H,26,27);;/q;2*+1/p-2/b19-10-;;/t6-,15?;;/m0../s1. The molecule has 0 spiro atoms. The van der Waals surface area contributed by atoms with E-state index in [1.807, 2.05) is 0 Å². The van der Waals surface area contributed by atoms with E-state index < -0.39 is 66.8 Å². The monoisotopic (exact) mass is 501 g/mol. The van der Waals surface area contributed by atoms with E-state index >= 15 is 0 Å². The Morgan fingerprint density at radius 3 is 2.58 bits per heavy atom. The minimum atomic E-state index is -2.45. The number of hydrogen-bond donors (Lipinski definition) is 2. The Labute approximate surface area is 233 Å². The first-order chi connectivity index (χ1) is 14.6. The van der Waals surface area contributed by atoms with Crippen molar-refractivity contribution in [1.82, 2.24) is 15.4 Å². The SMILES string of the molecule is Nc1nc(/C(=N/OCC(=O)[O-])C(=O)N[C@H]2CON(C3(C(=O)[O-])CCC(=O)O3)C2=O)cs1.[Na+].[Na+]. The molecule has 15 nitrogen and oxygen atoms in total. The van der Waals surface area contributed by atoms with Gasteiger partial charge in [0.1, 0.15) is 24.3 Å². The van der Waals surface area contributed by atoms with Crippen molar-refractivity contribution in [3.63, 3.8) is 0 Å². The predicted molar refractivity (Wildman–Crippen MR) is 91.8 cm³/mol. The number of ether oxygens (including phenoxy) is 1. The van der Waals surface area contributed by atoms with Crippen molar-refractivity contribution >= 4 is 51.9 Å². The summed E-state index contributed by atoms with van der Waals surface area (Å²) in [6.07, 6.45) is -0.682. The third-order valence-corrected chi connectivity index (χ3v) is 4.76. The van der Waals surface area contributed by atoms with E-state index in [0.717, 1.165) is 11.3 Å². The Kier molecular flexibility index (Phi) is 10.7. The third kappa shape index (κ3) is 6.42. The fourth-order valence-electron chi connectivity index (χ4n) is 2.72. The Bertz CT molecular complexity index is 988. The molecule has 2 amide bonds. The number of nitrogens with zero attached hydrogens (tertiary/aromatic N) is 3. The van der Waals surface area contributed by atoms with Crippen molar-refractivity contribution in [2.24, 2.45) is 5.16 Å². The number of carboxylic acid groups (broad SMARTS) is 2. The molecule has 2 aliphatic heterocycles. The first kappa shape index (κ1) is 29.2. The molecule has 0 aliphatic carbocycles. The van der Waals surface area contributed by atoms with Gasteiger partial charge in [0.05, 0.1) is 12.4 Å². The number of carboxylic acids is 2. The van der Waals surface area contributed by atoms with Crippen LogP contribution in [0.1, 0.15) is 18.5 Å². The van der Waals surface area contributed by atoms with E-state index in [0.29, 0.717) is 5.06 Å². The summed E-state index contributed by atoms with van der Waals surface area (Å²) in [6.45, 7) is -1.46. The molecular formula is C15H13N5Na2O10S. The number of thiazole rings is 1. The maximum Gasteiger partial charge on any atom is 1.00 e. The van der Waals surface area contributed by atoms with Crippen LogP contribution in [0, 0.1) is 0 Å². The number of nitrogen functional groups attached to an aromatic ring is 1. The fourth-order valence-corrected chi connectivity index (χ4v) is 3.27. The first-order valence-electron chi connectivity index (χ1n) is 8.46. The number of carbonyl (C=O) groups is 5. The van der Waals surface area contributed by atoms with Crippen molar-refractivity contribution in [3.05, 3.63) is 11.1 Å². The van der Waals surface area contributed by atoms with Gasteiger partial charge in [-0.3, -0.25) is 19.2 Å². The number of aromatic nitrogens is 1. The molecule has 0 aromatic carbocycles. The van der Waals surface area contributed by atoms with E-state index in [2.05, 4.69) is 20.3 Å². The summed E-state index contributed by atoms with van der Waals surface area (Å²) in [6, 6.07) is -1.40. The second kappa shape index (κ2) is 12.1. The van der Waals surface area contributed by atoms with Crippen LogP contribution in [0.4, 0.5) is 5.13 Å². The molecule has 0 saturated carbocycles. The Hall–Kier alpha value is -1.79. The summed E-state index contributed by atoms with van der Waals surface area (Å²) in [5, 5.41) is 29.4. The number of oxime groups is 1. The maximum absolute atomic E-state index is 12.6. The molecule has 0 radical (unpaired) electrons. The minimum absolute atomic E-state index is 0.